The number of amides is 3. The monoisotopic (exact) mass is 471 g/mol. The molecule has 1 aromatic carbocycles. The summed E-state index contributed by atoms with van der Waals surface area (Å²) in [6, 6.07) is 6.94. The van der Waals surface area contributed by atoms with Crippen molar-refractivity contribution in [3.05, 3.63) is 65.5 Å². The van der Waals surface area contributed by atoms with Crippen molar-refractivity contribution in [2.75, 3.05) is 24.2 Å². The van der Waals surface area contributed by atoms with E-state index >= 15 is 0 Å². The number of thiophene rings is 1. The molecule has 8 nitrogen and oxygen atoms in total. The highest BCUT2D eigenvalue weighted by atomic mass is 35.5. The average Bonchev–Trinajstić information content (AvgIpc) is 3.38. The molecule has 166 valence electrons. The second kappa shape index (κ2) is 10.3. The number of anilines is 2. The van der Waals surface area contributed by atoms with E-state index in [4.69, 9.17) is 11.6 Å². The van der Waals surface area contributed by atoms with Crippen LogP contribution in [0.5, 0.6) is 0 Å². The van der Waals surface area contributed by atoms with Crippen molar-refractivity contribution >= 4 is 62.6 Å². The fraction of sp³-hybridized carbons (Fsp3) is 0.182. The Balaban J connectivity index is 1.82. The zero-order chi connectivity index (χ0) is 23.3. The number of para-hydroxylation sites is 1. The molecule has 0 bridgehead atoms. The van der Waals surface area contributed by atoms with E-state index in [0.717, 1.165) is 6.08 Å². The maximum Gasteiger partial charge on any atom is 0.258 e. The highest BCUT2D eigenvalue weighted by Crippen LogP contribution is 2.28. The van der Waals surface area contributed by atoms with Gasteiger partial charge in [-0.1, -0.05) is 30.8 Å². The molecule has 0 saturated heterocycles. The van der Waals surface area contributed by atoms with Crippen LogP contribution in [0.1, 0.15) is 16.8 Å². The first-order valence-corrected chi connectivity index (χ1v) is 11.0. The van der Waals surface area contributed by atoms with Crippen molar-refractivity contribution in [3.63, 3.8) is 0 Å². The molecule has 0 saturated carbocycles. The Morgan fingerprint density at radius 3 is 2.75 bits per heavy atom. The van der Waals surface area contributed by atoms with Gasteiger partial charge in [0.15, 0.2) is 0 Å². The lowest BCUT2D eigenvalue weighted by Gasteiger charge is -2.16. The van der Waals surface area contributed by atoms with Crippen molar-refractivity contribution < 1.29 is 14.4 Å². The Bertz CT molecular complexity index is 1200. The predicted octanol–water partition coefficient (Wildman–Crippen LogP) is 4.16. The largest absolute Gasteiger partial charge is 0.342 e. The van der Waals surface area contributed by atoms with Crippen molar-refractivity contribution in [2.45, 2.75) is 13.0 Å². The van der Waals surface area contributed by atoms with E-state index in [1.807, 2.05) is 10.6 Å². The minimum Gasteiger partial charge on any atom is -0.342 e. The van der Waals surface area contributed by atoms with Gasteiger partial charge in [0, 0.05) is 25.5 Å². The second-order valence-corrected chi connectivity index (χ2v) is 8.18. The molecule has 0 aliphatic rings. The van der Waals surface area contributed by atoms with Crippen molar-refractivity contribution in [2.24, 2.45) is 0 Å². The topological polar surface area (TPSA) is 96.3 Å². The lowest BCUT2D eigenvalue weighted by Crippen LogP contribution is -2.26. The van der Waals surface area contributed by atoms with E-state index in [1.54, 1.807) is 35.5 Å². The first-order chi connectivity index (χ1) is 15.3. The van der Waals surface area contributed by atoms with Crippen LogP contribution in [0.4, 0.5) is 10.9 Å². The number of nitrogens with one attached hydrogen (secondary N) is 2. The number of hydrogen-bond acceptors (Lipinski definition) is 5. The summed E-state index contributed by atoms with van der Waals surface area (Å²) in [6.45, 7) is 7.88. The van der Waals surface area contributed by atoms with Gasteiger partial charge in [-0.3, -0.25) is 19.7 Å². The van der Waals surface area contributed by atoms with Crippen LogP contribution < -0.4 is 10.6 Å². The molecule has 32 heavy (non-hydrogen) atoms. The third-order valence-corrected chi connectivity index (χ3v) is 5.81. The molecule has 0 aliphatic carbocycles. The quantitative estimate of drug-likeness (QED) is 0.458. The number of rotatable bonds is 9. The molecule has 0 fully saturated rings. The fourth-order valence-electron chi connectivity index (χ4n) is 3.05. The molecule has 0 radical (unpaired) electrons. The van der Waals surface area contributed by atoms with Gasteiger partial charge in [-0.2, -0.15) is 0 Å². The smallest absolute Gasteiger partial charge is 0.258 e. The number of aromatic nitrogens is 2. The van der Waals surface area contributed by atoms with Gasteiger partial charge in [0.1, 0.15) is 0 Å². The van der Waals surface area contributed by atoms with Gasteiger partial charge in [-0.25, -0.2) is 4.98 Å². The molecule has 0 atom stereocenters. The van der Waals surface area contributed by atoms with Crippen LogP contribution in [0, 0.1) is 0 Å². The van der Waals surface area contributed by atoms with Crippen LogP contribution >= 0.6 is 22.9 Å². The minimum atomic E-state index is -0.369. The van der Waals surface area contributed by atoms with Gasteiger partial charge in [0.25, 0.3) is 5.91 Å². The summed E-state index contributed by atoms with van der Waals surface area (Å²) in [5.74, 6) is -0.537. The fourth-order valence-corrected chi connectivity index (χ4v) is 4.11. The standard InChI is InChI=1S/C22H22ClN5O3S/c1-4-17(29)25-18-12-14(13-32-18)21(31)26-22-24-16-9-6-8-15(23)20(16)28(22)11-7-10-27(3)19(30)5-2/h4-6,8-9,12-13H,1-2,7,10-11H2,3H3,(H,25,29)(H,24,26,31). The first-order valence-electron chi connectivity index (χ1n) is 9.69. The molecule has 0 aliphatic heterocycles. The van der Waals surface area contributed by atoms with Crippen molar-refractivity contribution in [1.29, 1.82) is 0 Å². The summed E-state index contributed by atoms with van der Waals surface area (Å²) in [7, 11) is 1.70. The molecule has 2 heterocycles. The van der Waals surface area contributed by atoms with Gasteiger partial charge < -0.3 is 14.8 Å². The molecule has 2 aromatic heterocycles. The Morgan fingerprint density at radius 2 is 2.03 bits per heavy atom. The highest BCUT2D eigenvalue weighted by Gasteiger charge is 2.18. The maximum absolute atomic E-state index is 12.8. The van der Waals surface area contributed by atoms with Crippen LogP contribution in [0.3, 0.4) is 0 Å². The SMILES string of the molecule is C=CC(=O)Nc1cc(C(=O)Nc2nc3cccc(Cl)c3n2CCCN(C)C(=O)C=C)cs1. The molecule has 2 N–H and O–H groups in total. The van der Waals surface area contributed by atoms with Crippen LogP contribution in [-0.4, -0.2) is 45.8 Å². The average molecular weight is 472 g/mol. The predicted molar refractivity (Wildman–Crippen MR) is 128 cm³/mol. The molecule has 3 rings (SSSR count). The number of carbonyl (C=O) groups is 3. The first kappa shape index (κ1) is 23.2. The molecular weight excluding hydrogens is 450 g/mol. The number of imidazole rings is 1. The molecule has 0 spiro atoms. The van der Waals surface area contributed by atoms with Crippen LogP contribution in [0.25, 0.3) is 11.0 Å². The summed E-state index contributed by atoms with van der Waals surface area (Å²) in [6.07, 6.45) is 3.04. The number of nitrogens with zero attached hydrogens (tertiary/aromatic N) is 3. The number of fused-ring (bicyclic) bond motifs is 1. The van der Waals surface area contributed by atoms with E-state index in [1.165, 1.54) is 17.4 Å². The molecule has 10 heteroatoms. The van der Waals surface area contributed by atoms with Gasteiger partial charge in [-0.15, -0.1) is 11.3 Å². The summed E-state index contributed by atoms with van der Waals surface area (Å²) >= 11 is 7.64. The lowest BCUT2D eigenvalue weighted by molar-refractivity contribution is -0.124. The Morgan fingerprint density at radius 1 is 1.25 bits per heavy atom. The van der Waals surface area contributed by atoms with Crippen molar-refractivity contribution in [1.82, 2.24) is 14.5 Å². The zero-order valence-corrected chi connectivity index (χ0v) is 19.0. The van der Waals surface area contributed by atoms with Crippen LogP contribution in [0.15, 0.2) is 55.0 Å². The van der Waals surface area contributed by atoms with E-state index in [9.17, 15) is 14.4 Å². The number of benzene rings is 1. The molecule has 3 amide bonds. The molecule has 0 unspecified atom stereocenters. The zero-order valence-electron chi connectivity index (χ0n) is 17.4. The van der Waals surface area contributed by atoms with E-state index in [-0.39, 0.29) is 17.7 Å². The minimum absolute atomic E-state index is 0.163. The number of hydrogen-bond donors (Lipinski definition) is 2. The highest BCUT2D eigenvalue weighted by molar-refractivity contribution is 7.14. The number of carbonyl (C=O) groups excluding carboxylic acids is 3. The number of aryl methyl sites for hydroxylation is 1. The maximum atomic E-state index is 12.8. The Hall–Kier alpha value is -3.43. The third-order valence-electron chi connectivity index (χ3n) is 4.66. The summed E-state index contributed by atoms with van der Waals surface area (Å²) < 4.78 is 1.83. The Kier molecular flexibility index (Phi) is 7.45. The van der Waals surface area contributed by atoms with Gasteiger partial charge in [0.05, 0.1) is 26.6 Å². The van der Waals surface area contributed by atoms with E-state index < -0.39 is 0 Å². The second-order valence-electron chi connectivity index (χ2n) is 6.86. The Labute approximate surface area is 194 Å². The number of halogens is 1. The van der Waals surface area contributed by atoms with Crippen molar-refractivity contribution in [3.8, 4) is 0 Å². The summed E-state index contributed by atoms with van der Waals surface area (Å²) in [5, 5.41) is 8.14. The van der Waals surface area contributed by atoms with Crippen LogP contribution in [-0.2, 0) is 16.1 Å². The van der Waals surface area contributed by atoms with Gasteiger partial charge in [-0.05, 0) is 36.8 Å². The molecular formula is C22H22ClN5O3S. The normalized spacial score (nSPS) is 10.6. The molecule has 3 aromatic rings. The van der Waals surface area contributed by atoms with E-state index in [2.05, 4.69) is 28.8 Å². The van der Waals surface area contributed by atoms with Gasteiger partial charge in [0.2, 0.25) is 17.8 Å². The summed E-state index contributed by atoms with van der Waals surface area (Å²) in [4.78, 5) is 42.1. The number of likely N-dealkylation sites (N-methyl/N-ethyl adjacent to an activating group) is 1. The van der Waals surface area contributed by atoms with Crippen LogP contribution in [0.2, 0.25) is 5.02 Å². The lowest BCUT2D eigenvalue weighted by atomic mass is 10.3. The third kappa shape index (κ3) is 5.24. The van der Waals surface area contributed by atoms with Gasteiger partial charge >= 0.3 is 0 Å². The van der Waals surface area contributed by atoms with E-state index in [0.29, 0.717) is 52.1 Å². The summed E-state index contributed by atoms with van der Waals surface area (Å²) in [5.41, 5.74) is 1.73.